The molecule has 0 spiro atoms. The zero-order chi connectivity index (χ0) is 15.2. The van der Waals surface area contributed by atoms with Gasteiger partial charge in [-0.2, -0.15) is 0 Å². The summed E-state index contributed by atoms with van der Waals surface area (Å²) in [7, 11) is 1.37. The second-order valence-electron chi connectivity index (χ2n) is 5.93. The lowest BCUT2D eigenvalue weighted by Crippen LogP contribution is -2.35. The maximum absolute atomic E-state index is 11.9. The Balaban J connectivity index is 2.52. The van der Waals surface area contributed by atoms with Crippen molar-refractivity contribution in [2.24, 2.45) is 17.3 Å². The Morgan fingerprint density at radius 1 is 1.25 bits per heavy atom. The molecular formula is C16H26O4. The minimum absolute atomic E-state index is 0.111. The number of hydrogen-bond donors (Lipinski definition) is 0. The van der Waals surface area contributed by atoms with E-state index in [2.05, 4.69) is 20.8 Å². The van der Waals surface area contributed by atoms with E-state index in [-0.39, 0.29) is 18.5 Å². The van der Waals surface area contributed by atoms with Crippen molar-refractivity contribution in [3.05, 3.63) is 12.2 Å². The van der Waals surface area contributed by atoms with Crippen molar-refractivity contribution >= 4 is 11.9 Å². The molecule has 0 amide bonds. The Morgan fingerprint density at radius 2 is 1.85 bits per heavy atom. The third-order valence-corrected chi connectivity index (χ3v) is 4.21. The van der Waals surface area contributed by atoms with Crippen molar-refractivity contribution in [3.63, 3.8) is 0 Å². The minimum Gasteiger partial charge on any atom is -0.468 e. The van der Waals surface area contributed by atoms with E-state index in [1.165, 1.54) is 7.11 Å². The first kappa shape index (κ1) is 16.7. The fourth-order valence-electron chi connectivity index (χ4n) is 2.60. The molecule has 114 valence electrons. The summed E-state index contributed by atoms with van der Waals surface area (Å²) in [5.74, 6) is 0.264. The zero-order valence-corrected chi connectivity index (χ0v) is 13.0. The molecule has 0 N–H and O–H groups in total. The number of methoxy groups -OCH3 is 1. The van der Waals surface area contributed by atoms with Gasteiger partial charge in [0.25, 0.3) is 0 Å². The second-order valence-corrected chi connectivity index (χ2v) is 5.93. The summed E-state index contributed by atoms with van der Waals surface area (Å²) in [4.78, 5) is 23.8. The first-order valence-electron chi connectivity index (χ1n) is 7.34. The molecule has 4 nitrogen and oxygen atoms in total. The highest BCUT2D eigenvalue weighted by Gasteiger charge is 2.41. The van der Waals surface area contributed by atoms with Gasteiger partial charge in [0.2, 0.25) is 0 Å². The van der Waals surface area contributed by atoms with Crippen LogP contribution in [0.25, 0.3) is 0 Å². The number of carbonyl (C=O) groups is 2. The Bertz CT molecular complexity index is 363. The van der Waals surface area contributed by atoms with Gasteiger partial charge in [0.15, 0.2) is 0 Å². The fourth-order valence-corrected chi connectivity index (χ4v) is 2.60. The normalized spacial score (nSPS) is 18.1. The van der Waals surface area contributed by atoms with Crippen molar-refractivity contribution < 1.29 is 19.1 Å². The van der Waals surface area contributed by atoms with Gasteiger partial charge >= 0.3 is 11.9 Å². The molecule has 0 fully saturated rings. The maximum Gasteiger partial charge on any atom is 0.315 e. The van der Waals surface area contributed by atoms with Gasteiger partial charge in [0.1, 0.15) is 12.0 Å². The quantitative estimate of drug-likeness (QED) is 0.532. The SMILES string of the molecule is CC[C@H](CC(=O)OCC1(C(=O)OC)CC=CC1)C(C)C. The monoisotopic (exact) mass is 282 g/mol. The number of allylic oxidation sites excluding steroid dienone is 2. The Morgan fingerprint density at radius 3 is 2.30 bits per heavy atom. The lowest BCUT2D eigenvalue weighted by atomic mass is 9.86. The molecule has 0 saturated carbocycles. The van der Waals surface area contributed by atoms with Gasteiger partial charge in [-0.1, -0.05) is 39.3 Å². The fraction of sp³-hybridized carbons (Fsp3) is 0.750. The van der Waals surface area contributed by atoms with Gasteiger partial charge in [-0.25, -0.2) is 0 Å². The molecule has 0 aromatic heterocycles. The highest BCUT2D eigenvalue weighted by atomic mass is 16.5. The molecule has 1 aliphatic carbocycles. The summed E-state index contributed by atoms with van der Waals surface area (Å²) in [6.07, 6.45) is 6.40. The van der Waals surface area contributed by atoms with Crippen molar-refractivity contribution in [1.29, 1.82) is 0 Å². The summed E-state index contributed by atoms with van der Waals surface area (Å²) in [5.41, 5.74) is -0.704. The van der Waals surface area contributed by atoms with Crippen molar-refractivity contribution in [1.82, 2.24) is 0 Å². The van der Waals surface area contributed by atoms with Crippen LogP contribution < -0.4 is 0 Å². The predicted octanol–water partition coefficient (Wildman–Crippen LogP) is 3.11. The average molecular weight is 282 g/mol. The molecule has 20 heavy (non-hydrogen) atoms. The topological polar surface area (TPSA) is 52.6 Å². The minimum atomic E-state index is -0.704. The molecule has 0 heterocycles. The zero-order valence-electron chi connectivity index (χ0n) is 13.0. The van der Waals surface area contributed by atoms with E-state index in [1.807, 2.05) is 12.2 Å². The molecule has 0 bridgehead atoms. The summed E-state index contributed by atoms with van der Waals surface area (Å²) in [6, 6.07) is 0. The molecule has 4 heteroatoms. The van der Waals surface area contributed by atoms with Crippen molar-refractivity contribution in [2.75, 3.05) is 13.7 Å². The first-order valence-corrected chi connectivity index (χ1v) is 7.34. The van der Waals surface area contributed by atoms with Crippen LogP contribution in [0.15, 0.2) is 12.2 Å². The molecule has 0 aromatic rings. The van der Waals surface area contributed by atoms with E-state index >= 15 is 0 Å². The number of hydrogen-bond acceptors (Lipinski definition) is 4. The van der Waals surface area contributed by atoms with Gasteiger partial charge < -0.3 is 9.47 Å². The third-order valence-electron chi connectivity index (χ3n) is 4.21. The van der Waals surface area contributed by atoms with Crippen LogP contribution in [0, 0.1) is 17.3 Å². The van der Waals surface area contributed by atoms with E-state index in [4.69, 9.17) is 9.47 Å². The van der Waals surface area contributed by atoms with Crippen LogP contribution in [-0.4, -0.2) is 25.7 Å². The average Bonchev–Trinajstić information content (AvgIpc) is 2.91. The van der Waals surface area contributed by atoms with Crippen LogP contribution in [0.2, 0.25) is 0 Å². The standard InChI is InChI=1S/C16H26O4/c1-5-13(12(2)3)10-14(17)20-11-16(15(18)19-4)8-6-7-9-16/h6-7,12-13H,5,8-11H2,1-4H3/t13-/m1/s1. The van der Waals surface area contributed by atoms with Gasteiger partial charge in [-0.05, 0) is 24.7 Å². The highest BCUT2D eigenvalue weighted by Crippen LogP contribution is 2.35. The second kappa shape index (κ2) is 7.46. The summed E-state index contributed by atoms with van der Waals surface area (Å²) >= 11 is 0. The number of ether oxygens (including phenoxy) is 2. The molecule has 0 aliphatic heterocycles. The van der Waals surface area contributed by atoms with E-state index in [0.29, 0.717) is 31.1 Å². The summed E-state index contributed by atoms with van der Waals surface area (Å²) < 4.78 is 10.2. The van der Waals surface area contributed by atoms with Crippen LogP contribution in [0.1, 0.15) is 46.5 Å². The first-order chi connectivity index (χ1) is 9.45. The maximum atomic E-state index is 11.9. The van der Waals surface area contributed by atoms with Crippen LogP contribution in [0.3, 0.4) is 0 Å². The van der Waals surface area contributed by atoms with E-state index < -0.39 is 5.41 Å². The smallest absolute Gasteiger partial charge is 0.315 e. The van der Waals surface area contributed by atoms with Crippen molar-refractivity contribution in [3.8, 4) is 0 Å². The molecule has 0 unspecified atom stereocenters. The third kappa shape index (κ3) is 4.09. The number of esters is 2. The summed E-state index contributed by atoms with van der Waals surface area (Å²) in [5, 5.41) is 0. The molecule has 0 aromatic carbocycles. The van der Waals surface area contributed by atoms with Gasteiger partial charge in [0, 0.05) is 6.42 Å². The largest absolute Gasteiger partial charge is 0.468 e. The Hall–Kier alpha value is -1.32. The lowest BCUT2D eigenvalue weighted by molar-refractivity contribution is -0.161. The van der Waals surface area contributed by atoms with Crippen LogP contribution in [0.5, 0.6) is 0 Å². The van der Waals surface area contributed by atoms with Gasteiger partial charge in [0.05, 0.1) is 7.11 Å². The highest BCUT2D eigenvalue weighted by molar-refractivity contribution is 5.79. The Kier molecular flexibility index (Phi) is 6.24. The van der Waals surface area contributed by atoms with E-state index in [0.717, 1.165) is 6.42 Å². The summed E-state index contributed by atoms with van der Waals surface area (Å²) in [6.45, 7) is 6.41. The molecule has 0 radical (unpaired) electrons. The number of carbonyl (C=O) groups excluding carboxylic acids is 2. The molecule has 1 atom stereocenters. The van der Waals surface area contributed by atoms with Crippen LogP contribution >= 0.6 is 0 Å². The molecular weight excluding hydrogens is 256 g/mol. The Labute approximate surface area is 121 Å². The molecule has 1 aliphatic rings. The van der Waals surface area contributed by atoms with Gasteiger partial charge in [-0.3, -0.25) is 9.59 Å². The van der Waals surface area contributed by atoms with E-state index in [9.17, 15) is 9.59 Å². The number of rotatable bonds is 7. The predicted molar refractivity (Wildman–Crippen MR) is 77.0 cm³/mol. The molecule has 1 rings (SSSR count). The van der Waals surface area contributed by atoms with E-state index in [1.54, 1.807) is 0 Å². The lowest BCUT2D eigenvalue weighted by Gasteiger charge is -2.26. The van der Waals surface area contributed by atoms with Crippen LogP contribution in [-0.2, 0) is 19.1 Å². The molecule has 0 saturated heterocycles. The van der Waals surface area contributed by atoms with Crippen molar-refractivity contribution in [2.45, 2.75) is 46.5 Å². The van der Waals surface area contributed by atoms with Crippen LogP contribution in [0.4, 0.5) is 0 Å². The van der Waals surface area contributed by atoms with Gasteiger partial charge in [-0.15, -0.1) is 0 Å².